The van der Waals surface area contributed by atoms with Gasteiger partial charge in [0.05, 0.1) is 11.6 Å². The molecule has 4 aliphatic rings. The predicted molar refractivity (Wildman–Crippen MR) is 148 cm³/mol. The summed E-state index contributed by atoms with van der Waals surface area (Å²) in [5, 5.41) is 54.5. The number of hydrogen-bond acceptors (Lipinski definition) is 10. The van der Waals surface area contributed by atoms with Crippen molar-refractivity contribution < 1.29 is 39.9 Å². The number of phenolic OH excluding ortho intramolecular Hbond substituents is 1. The summed E-state index contributed by atoms with van der Waals surface area (Å²) in [5.74, 6) is -6.42. The molecule has 0 spiro atoms. The van der Waals surface area contributed by atoms with Gasteiger partial charge in [-0.1, -0.05) is 11.6 Å². The first-order valence-corrected chi connectivity index (χ1v) is 14.2. The van der Waals surface area contributed by atoms with E-state index in [0.717, 1.165) is 32.4 Å². The minimum atomic E-state index is -2.67. The summed E-state index contributed by atoms with van der Waals surface area (Å²) in [6.07, 6.45) is 2.81. The normalized spacial score (nSPS) is 29.1. The molecule has 0 radical (unpaired) electrons. The number of piperidine rings is 1. The number of primary amides is 1. The standard InChI is InChI=1S/C29H36ClN3O8/c1-32(2)23-17-10-14-9-16-20(18(35)11-15(22(16)30)12-33-6-3-13(4-7-33)5-8-34)24(36)19(14)26(38)29(17,41)27(39)21(25(23)37)28(31)40/h11,13-14,17,23,34-35,37-38,41H,3-10,12H2,1-2H3,(H2,31,40)/t14-,17-,23-,29-/m0/s1. The lowest BCUT2D eigenvalue weighted by atomic mass is 9.58. The zero-order valence-electron chi connectivity index (χ0n) is 23.1. The molecule has 1 heterocycles. The molecule has 41 heavy (non-hydrogen) atoms. The molecule has 1 aromatic rings. The zero-order chi connectivity index (χ0) is 30.0. The van der Waals surface area contributed by atoms with Gasteiger partial charge in [-0.25, -0.2) is 0 Å². The molecule has 0 bridgehead atoms. The molecule has 1 fully saturated rings. The lowest BCUT2D eigenvalue weighted by molar-refractivity contribution is -0.148. The van der Waals surface area contributed by atoms with Gasteiger partial charge in [-0.2, -0.15) is 0 Å². The van der Waals surface area contributed by atoms with Crippen molar-refractivity contribution in [3.05, 3.63) is 50.4 Å². The number of aromatic hydroxyl groups is 1. The van der Waals surface area contributed by atoms with Crippen LogP contribution in [0.25, 0.3) is 0 Å². The number of aliphatic hydroxyl groups excluding tert-OH is 3. The molecule has 0 aromatic heterocycles. The van der Waals surface area contributed by atoms with Crippen molar-refractivity contribution in [3.8, 4) is 5.75 Å². The highest BCUT2D eigenvalue weighted by Crippen LogP contribution is 2.53. The lowest BCUT2D eigenvalue weighted by Gasteiger charge is -2.50. The van der Waals surface area contributed by atoms with Crippen molar-refractivity contribution in [2.75, 3.05) is 33.8 Å². The maximum absolute atomic E-state index is 13.8. The number of hydrogen-bond donors (Lipinski definition) is 6. The number of carbonyl (C=O) groups excluding carboxylic acids is 3. The summed E-state index contributed by atoms with van der Waals surface area (Å²) in [7, 11) is 3.17. The molecule has 1 saturated heterocycles. The number of allylic oxidation sites excluding steroid dienone is 1. The first-order chi connectivity index (χ1) is 19.3. The Balaban J connectivity index is 1.54. The van der Waals surface area contributed by atoms with E-state index >= 15 is 0 Å². The van der Waals surface area contributed by atoms with Crippen molar-refractivity contribution in [1.29, 1.82) is 0 Å². The van der Waals surface area contributed by atoms with Gasteiger partial charge >= 0.3 is 0 Å². The van der Waals surface area contributed by atoms with E-state index in [2.05, 4.69) is 4.90 Å². The Hall–Kier alpha value is -2.96. The number of benzene rings is 1. The Morgan fingerprint density at radius 1 is 1.20 bits per heavy atom. The van der Waals surface area contributed by atoms with E-state index in [9.17, 15) is 39.9 Å². The molecule has 1 amide bonds. The van der Waals surface area contributed by atoms with Gasteiger partial charge in [-0.3, -0.25) is 24.2 Å². The van der Waals surface area contributed by atoms with Crippen LogP contribution in [0.5, 0.6) is 5.75 Å². The summed E-state index contributed by atoms with van der Waals surface area (Å²) in [6, 6.07) is 0.390. The number of likely N-dealkylation sites (tertiary alicyclic amines) is 1. The maximum atomic E-state index is 13.8. The Bertz CT molecular complexity index is 1380. The van der Waals surface area contributed by atoms with Crippen LogP contribution in [0.1, 0.15) is 47.2 Å². The van der Waals surface area contributed by atoms with Gasteiger partial charge in [0.15, 0.2) is 11.4 Å². The number of aliphatic hydroxyl groups is 4. The molecule has 7 N–H and O–H groups in total. The SMILES string of the molecule is CN(C)[C@@H]1C(O)=C(C(N)=O)C(=O)[C@@]2(O)C(O)=C3C(=O)c4c(O)cc(CN5CCC(CCO)CC5)c(Cl)c4C[C@H]3C[C@@H]12. The summed E-state index contributed by atoms with van der Waals surface area (Å²) < 4.78 is 0. The van der Waals surface area contributed by atoms with Crippen LogP contribution in [0.15, 0.2) is 28.7 Å². The highest BCUT2D eigenvalue weighted by atomic mass is 35.5. The van der Waals surface area contributed by atoms with Crippen molar-refractivity contribution in [1.82, 2.24) is 9.80 Å². The third-order valence-corrected chi connectivity index (χ3v) is 9.84. The van der Waals surface area contributed by atoms with Crippen LogP contribution in [0.4, 0.5) is 0 Å². The highest BCUT2D eigenvalue weighted by molar-refractivity contribution is 6.33. The van der Waals surface area contributed by atoms with Crippen LogP contribution < -0.4 is 5.73 Å². The first kappa shape index (κ1) is 29.5. The van der Waals surface area contributed by atoms with Crippen molar-refractivity contribution in [3.63, 3.8) is 0 Å². The summed E-state index contributed by atoms with van der Waals surface area (Å²) in [5.41, 5.74) is 2.63. The fourth-order valence-electron chi connectivity index (χ4n) is 7.33. The fraction of sp³-hybridized carbons (Fsp3) is 0.552. The van der Waals surface area contributed by atoms with Crippen LogP contribution >= 0.6 is 11.6 Å². The first-order valence-electron chi connectivity index (χ1n) is 13.8. The number of amides is 1. The number of rotatable bonds is 6. The largest absolute Gasteiger partial charge is 0.510 e. The van der Waals surface area contributed by atoms with Gasteiger partial charge in [-0.15, -0.1) is 0 Å². The molecule has 11 nitrogen and oxygen atoms in total. The highest BCUT2D eigenvalue weighted by Gasteiger charge is 2.63. The van der Waals surface area contributed by atoms with E-state index in [1.165, 1.54) is 11.0 Å². The van der Waals surface area contributed by atoms with Crippen LogP contribution in [-0.4, -0.2) is 98.2 Å². The zero-order valence-corrected chi connectivity index (χ0v) is 23.8. The van der Waals surface area contributed by atoms with Crippen molar-refractivity contribution in [2.45, 2.75) is 50.3 Å². The molecule has 5 rings (SSSR count). The van der Waals surface area contributed by atoms with Gasteiger partial charge in [-0.05, 0) is 88.3 Å². The number of carbonyl (C=O) groups is 3. The van der Waals surface area contributed by atoms with Crippen molar-refractivity contribution in [2.24, 2.45) is 23.5 Å². The maximum Gasteiger partial charge on any atom is 0.255 e. The molecule has 4 atom stereocenters. The number of ketones is 2. The Kier molecular flexibility index (Phi) is 7.71. The number of halogens is 1. The monoisotopic (exact) mass is 589 g/mol. The van der Waals surface area contributed by atoms with E-state index < -0.39 is 58.0 Å². The minimum absolute atomic E-state index is 0.00541. The van der Waals surface area contributed by atoms with Gasteiger partial charge in [0.2, 0.25) is 5.78 Å². The van der Waals surface area contributed by atoms with E-state index in [-0.39, 0.29) is 36.3 Å². The van der Waals surface area contributed by atoms with Crippen LogP contribution in [0.3, 0.4) is 0 Å². The molecule has 12 heteroatoms. The van der Waals surface area contributed by atoms with Crippen LogP contribution in [0.2, 0.25) is 5.02 Å². The van der Waals surface area contributed by atoms with E-state index in [1.54, 1.807) is 14.1 Å². The van der Waals surface area contributed by atoms with Crippen molar-refractivity contribution >= 4 is 29.1 Å². The fourth-order valence-corrected chi connectivity index (χ4v) is 7.61. The number of nitrogens with two attached hydrogens (primary N) is 1. The van der Waals surface area contributed by atoms with Crippen LogP contribution in [0, 0.1) is 17.8 Å². The smallest absolute Gasteiger partial charge is 0.255 e. The number of Topliss-reactive ketones (excluding diaryl/α,β-unsaturated/α-hetero) is 2. The molecule has 1 aromatic carbocycles. The van der Waals surface area contributed by atoms with Crippen LogP contribution in [-0.2, 0) is 22.6 Å². The Labute approximate surface area is 242 Å². The second-order valence-electron chi connectivity index (χ2n) is 11.9. The predicted octanol–water partition coefficient (Wildman–Crippen LogP) is 1.37. The van der Waals surface area contributed by atoms with Gasteiger partial charge in [0.25, 0.3) is 5.91 Å². The molecular formula is C29H36ClN3O8. The average Bonchev–Trinajstić information content (AvgIpc) is 2.90. The Morgan fingerprint density at radius 3 is 2.44 bits per heavy atom. The number of phenols is 1. The lowest BCUT2D eigenvalue weighted by Crippen LogP contribution is -2.63. The third kappa shape index (κ3) is 4.54. The quantitative estimate of drug-likeness (QED) is 0.265. The number of fused-ring (bicyclic) bond motifs is 3. The second kappa shape index (κ2) is 10.7. The van der Waals surface area contributed by atoms with Gasteiger partial charge < -0.3 is 31.3 Å². The molecule has 0 saturated carbocycles. The van der Waals surface area contributed by atoms with Gasteiger partial charge in [0, 0.05) is 29.7 Å². The van der Waals surface area contributed by atoms with Gasteiger partial charge in [0.1, 0.15) is 22.8 Å². The summed E-state index contributed by atoms with van der Waals surface area (Å²) in [4.78, 5) is 43.0. The Morgan fingerprint density at radius 2 is 1.85 bits per heavy atom. The van der Waals surface area contributed by atoms with E-state index in [4.69, 9.17) is 17.3 Å². The summed E-state index contributed by atoms with van der Waals surface area (Å²) in [6.45, 7) is 2.25. The molecular weight excluding hydrogens is 554 g/mol. The van der Waals surface area contributed by atoms with E-state index in [0.29, 0.717) is 28.6 Å². The summed E-state index contributed by atoms with van der Waals surface area (Å²) >= 11 is 6.86. The second-order valence-corrected chi connectivity index (χ2v) is 12.3. The molecule has 3 aliphatic carbocycles. The average molecular weight is 590 g/mol. The molecule has 0 unspecified atom stereocenters. The minimum Gasteiger partial charge on any atom is -0.510 e. The molecule has 1 aliphatic heterocycles. The third-order valence-electron chi connectivity index (χ3n) is 9.37. The number of nitrogens with zero attached hydrogens (tertiary/aromatic N) is 2. The van der Waals surface area contributed by atoms with E-state index in [1.807, 2.05) is 0 Å². The molecule has 222 valence electrons. The topological polar surface area (TPSA) is 185 Å². The number of likely N-dealkylation sites (N-methyl/N-ethyl adjacent to an activating group) is 1.